The third-order valence-electron chi connectivity index (χ3n) is 7.75. The number of ether oxygens (including phenoxy) is 1. The van der Waals surface area contributed by atoms with E-state index in [0.717, 1.165) is 17.8 Å². The van der Waals surface area contributed by atoms with Crippen LogP contribution in [0.1, 0.15) is 75.2 Å². The highest BCUT2D eigenvalue weighted by atomic mass is 16.5. The van der Waals surface area contributed by atoms with Crippen molar-refractivity contribution >= 4 is 17.8 Å². The maximum absolute atomic E-state index is 12.9. The normalized spacial score (nSPS) is 28.9. The van der Waals surface area contributed by atoms with Gasteiger partial charge in [0.1, 0.15) is 12.6 Å². The van der Waals surface area contributed by atoms with Gasteiger partial charge in [-0.1, -0.05) is 26.0 Å². The van der Waals surface area contributed by atoms with Crippen LogP contribution in [0.2, 0.25) is 0 Å². The van der Waals surface area contributed by atoms with Gasteiger partial charge >= 0.3 is 5.97 Å². The Bertz CT molecular complexity index is 826. The Morgan fingerprint density at radius 1 is 1.00 bits per heavy atom. The van der Waals surface area contributed by atoms with E-state index in [-0.39, 0.29) is 30.9 Å². The number of esters is 1. The fourth-order valence-electron chi connectivity index (χ4n) is 6.68. The van der Waals surface area contributed by atoms with E-state index in [1.807, 2.05) is 26.0 Å². The fraction of sp³-hybridized carbons (Fsp3) is 0.654. The summed E-state index contributed by atoms with van der Waals surface area (Å²) in [4.78, 5) is 36.9. The summed E-state index contributed by atoms with van der Waals surface area (Å²) in [5.41, 5.74) is 2.24. The van der Waals surface area contributed by atoms with Crippen LogP contribution in [0.5, 0.6) is 0 Å². The Balaban J connectivity index is 1.39. The third kappa shape index (κ3) is 4.69. The zero-order valence-electron chi connectivity index (χ0n) is 19.5. The zero-order valence-corrected chi connectivity index (χ0v) is 19.5. The zero-order chi connectivity index (χ0) is 22.9. The molecule has 0 aliphatic heterocycles. The van der Waals surface area contributed by atoms with Crippen molar-refractivity contribution < 1.29 is 19.1 Å². The molecule has 0 aromatic heterocycles. The molecule has 2 N–H and O–H groups in total. The summed E-state index contributed by atoms with van der Waals surface area (Å²) in [6, 6.07) is 7.34. The molecule has 174 valence electrons. The Kier molecular flexibility index (Phi) is 6.59. The molecule has 4 saturated carbocycles. The van der Waals surface area contributed by atoms with Gasteiger partial charge in [0.25, 0.3) is 5.91 Å². The molecule has 1 aromatic carbocycles. The summed E-state index contributed by atoms with van der Waals surface area (Å²) in [7, 11) is 0. The monoisotopic (exact) mass is 440 g/mol. The average Bonchev–Trinajstić information content (AvgIpc) is 2.75. The lowest BCUT2D eigenvalue weighted by molar-refractivity contribution is -0.143. The van der Waals surface area contributed by atoms with Gasteiger partial charge in [0.05, 0.1) is 6.61 Å². The third-order valence-corrected chi connectivity index (χ3v) is 7.75. The number of amides is 2. The topological polar surface area (TPSA) is 84.5 Å². The molecule has 4 fully saturated rings. The molecule has 5 rings (SSSR count). The van der Waals surface area contributed by atoms with Gasteiger partial charge in [0.2, 0.25) is 5.91 Å². The molecular formula is C26H36N2O4. The molecule has 1 aromatic rings. The summed E-state index contributed by atoms with van der Waals surface area (Å²) in [6.07, 6.45) is 8.11. The van der Waals surface area contributed by atoms with Crippen LogP contribution in [0, 0.1) is 23.7 Å². The number of carbonyl (C=O) groups is 3. The molecule has 0 radical (unpaired) electrons. The van der Waals surface area contributed by atoms with Crippen molar-refractivity contribution in [3.8, 4) is 0 Å². The predicted octanol–water partition coefficient (Wildman–Crippen LogP) is 3.59. The van der Waals surface area contributed by atoms with E-state index in [1.165, 1.54) is 44.1 Å². The van der Waals surface area contributed by atoms with Crippen LogP contribution < -0.4 is 10.6 Å². The van der Waals surface area contributed by atoms with Crippen LogP contribution in [0.3, 0.4) is 0 Å². The summed E-state index contributed by atoms with van der Waals surface area (Å²) < 4.78 is 4.84. The second-order valence-corrected chi connectivity index (χ2v) is 10.5. The first-order chi connectivity index (χ1) is 15.3. The quantitative estimate of drug-likeness (QED) is 0.605. The van der Waals surface area contributed by atoms with Crippen molar-refractivity contribution in [2.45, 2.75) is 70.8 Å². The molecule has 6 nitrogen and oxygen atoms in total. The van der Waals surface area contributed by atoms with Gasteiger partial charge in [0, 0.05) is 5.56 Å². The first-order valence-corrected chi connectivity index (χ1v) is 12.1. The van der Waals surface area contributed by atoms with Gasteiger partial charge in [-0.15, -0.1) is 0 Å². The lowest BCUT2D eigenvalue weighted by Gasteiger charge is -2.57. The first kappa shape index (κ1) is 22.8. The van der Waals surface area contributed by atoms with Gasteiger partial charge in [-0.05, 0) is 92.2 Å². The lowest BCUT2D eigenvalue weighted by Crippen LogP contribution is -2.50. The van der Waals surface area contributed by atoms with Gasteiger partial charge in [-0.25, -0.2) is 0 Å². The minimum atomic E-state index is -0.722. The molecule has 32 heavy (non-hydrogen) atoms. The molecule has 0 saturated heterocycles. The second kappa shape index (κ2) is 9.24. The molecule has 1 unspecified atom stereocenters. The van der Waals surface area contributed by atoms with E-state index in [4.69, 9.17) is 4.74 Å². The average molecular weight is 441 g/mol. The van der Waals surface area contributed by atoms with Crippen molar-refractivity contribution in [1.29, 1.82) is 0 Å². The van der Waals surface area contributed by atoms with Crippen LogP contribution in [0.15, 0.2) is 24.3 Å². The number of rotatable bonds is 8. The van der Waals surface area contributed by atoms with Gasteiger partial charge < -0.3 is 15.4 Å². The van der Waals surface area contributed by atoms with Crippen molar-refractivity contribution in [3.63, 3.8) is 0 Å². The van der Waals surface area contributed by atoms with E-state index in [0.29, 0.717) is 11.0 Å². The second-order valence-electron chi connectivity index (χ2n) is 10.5. The van der Waals surface area contributed by atoms with E-state index < -0.39 is 12.0 Å². The summed E-state index contributed by atoms with van der Waals surface area (Å²) in [5, 5.41) is 5.40. The molecular weight excluding hydrogens is 404 g/mol. The maximum atomic E-state index is 12.9. The van der Waals surface area contributed by atoms with Crippen molar-refractivity contribution in [3.05, 3.63) is 35.4 Å². The molecule has 1 atom stereocenters. The summed E-state index contributed by atoms with van der Waals surface area (Å²) in [6.45, 7) is 5.51. The number of nitrogens with one attached hydrogen (secondary N) is 2. The highest BCUT2D eigenvalue weighted by Crippen LogP contribution is 2.60. The fourth-order valence-corrected chi connectivity index (χ4v) is 6.68. The van der Waals surface area contributed by atoms with E-state index >= 15 is 0 Å². The summed E-state index contributed by atoms with van der Waals surface area (Å²) >= 11 is 0. The SMILES string of the molecule is CCOC(=O)CNC(=O)C(NC(=O)c1ccc(C23CC4CC(CC(C4)C2)C3)cc1)C(C)C. The van der Waals surface area contributed by atoms with Crippen molar-refractivity contribution in [2.75, 3.05) is 13.2 Å². The van der Waals surface area contributed by atoms with Crippen molar-refractivity contribution in [1.82, 2.24) is 10.6 Å². The van der Waals surface area contributed by atoms with Gasteiger partial charge in [0.15, 0.2) is 0 Å². The van der Waals surface area contributed by atoms with Gasteiger partial charge in [-0.3, -0.25) is 14.4 Å². The van der Waals surface area contributed by atoms with E-state index in [2.05, 4.69) is 22.8 Å². The van der Waals surface area contributed by atoms with Crippen LogP contribution in [0.25, 0.3) is 0 Å². The first-order valence-electron chi connectivity index (χ1n) is 12.1. The Morgan fingerprint density at radius 3 is 2.06 bits per heavy atom. The Hall–Kier alpha value is -2.37. The largest absolute Gasteiger partial charge is 0.465 e. The molecule has 0 heterocycles. The Labute approximate surface area is 190 Å². The number of hydrogen-bond acceptors (Lipinski definition) is 4. The van der Waals surface area contributed by atoms with E-state index in [9.17, 15) is 14.4 Å². The minimum Gasteiger partial charge on any atom is -0.465 e. The summed E-state index contributed by atoms with van der Waals surface area (Å²) in [5.74, 6) is 1.37. The number of benzene rings is 1. The molecule has 2 amide bonds. The van der Waals surface area contributed by atoms with Gasteiger partial charge in [-0.2, -0.15) is 0 Å². The Morgan fingerprint density at radius 2 is 1.56 bits per heavy atom. The smallest absolute Gasteiger partial charge is 0.325 e. The molecule has 4 bridgehead atoms. The standard InChI is InChI=1S/C26H36N2O4/c1-4-32-22(29)15-27-25(31)23(16(2)3)28-24(30)20-5-7-21(8-6-20)26-12-17-9-18(13-26)11-19(10-17)14-26/h5-8,16-19,23H,4,9-15H2,1-3H3,(H,27,31)(H,28,30). The van der Waals surface area contributed by atoms with Crippen molar-refractivity contribution in [2.24, 2.45) is 23.7 Å². The van der Waals surface area contributed by atoms with Crippen LogP contribution in [-0.2, 0) is 19.7 Å². The molecule has 6 heteroatoms. The predicted molar refractivity (Wildman–Crippen MR) is 122 cm³/mol. The highest BCUT2D eigenvalue weighted by Gasteiger charge is 2.51. The highest BCUT2D eigenvalue weighted by molar-refractivity contribution is 5.98. The maximum Gasteiger partial charge on any atom is 0.325 e. The molecule has 0 spiro atoms. The molecule has 4 aliphatic rings. The van der Waals surface area contributed by atoms with Crippen LogP contribution in [-0.4, -0.2) is 37.0 Å². The minimum absolute atomic E-state index is 0.118. The number of carbonyl (C=O) groups excluding carboxylic acids is 3. The van der Waals surface area contributed by atoms with Crippen LogP contribution in [0.4, 0.5) is 0 Å². The van der Waals surface area contributed by atoms with Crippen LogP contribution >= 0.6 is 0 Å². The lowest BCUT2D eigenvalue weighted by atomic mass is 9.48. The molecule has 4 aliphatic carbocycles. The number of hydrogen-bond donors (Lipinski definition) is 2. The van der Waals surface area contributed by atoms with E-state index in [1.54, 1.807) is 6.92 Å².